The molecule has 0 amide bonds. The second kappa shape index (κ2) is 5.46. The molecular formula is C8H18N4O3S. The number of oxime groups is 1. The number of rotatable bonds is 5. The summed E-state index contributed by atoms with van der Waals surface area (Å²) in [6.45, 7) is 2.82. The number of nitrogens with zero attached hydrogens (tertiary/aromatic N) is 2. The highest BCUT2D eigenvalue weighted by Crippen LogP contribution is 2.12. The van der Waals surface area contributed by atoms with Gasteiger partial charge in [0.2, 0.25) is 0 Å². The molecule has 1 aliphatic heterocycles. The zero-order chi connectivity index (χ0) is 12.2. The van der Waals surface area contributed by atoms with Crippen molar-refractivity contribution in [3.8, 4) is 0 Å². The van der Waals surface area contributed by atoms with Crippen molar-refractivity contribution in [1.82, 2.24) is 9.03 Å². The van der Waals surface area contributed by atoms with Crippen LogP contribution in [0.3, 0.4) is 0 Å². The maximum Gasteiger partial charge on any atom is 0.280 e. The van der Waals surface area contributed by atoms with Crippen molar-refractivity contribution < 1.29 is 13.6 Å². The van der Waals surface area contributed by atoms with Gasteiger partial charge in [-0.25, -0.2) is 0 Å². The Balaban J connectivity index is 2.70. The Morgan fingerprint density at radius 3 is 2.56 bits per heavy atom. The number of nitrogens with two attached hydrogens (primary N) is 1. The third-order valence-electron chi connectivity index (χ3n) is 2.58. The average molecular weight is 250 g/mol. The van der Waals surface area contributed by atoms with Crippen LogP contribution in [0.1, 0.15) is 26.2 Å². The number of hydrogen-bond acceptors (Lipinski definition) is 4. The van der Waals surface area contributed by atoms with Crippen LogP contribution in [0.2, 0.25) is 0 Å². The lowest BCUT2D eigenvalue weighted by Crippen LogP contribution is -2.49. The highest BCUT2D eigenvalue weighted by atomic mass is 32.2. The van der Waals surface area contributed by atoms with E-state index in [1.54, 1.807) is 6.92 Å². The summed E-state index contributed by atoms with van der Waals surface area (Å²) in [6.07, 6.45) is 2.19. The van der Waals surface area contributed by atoms with E-state index in [4.69, 9.17) is 10.9 Å². The third kappa shape index (κ3) is 3.06. The first-order chi connectivity index (χ1) is 7.51. The molecule has 1 atom stereocenters. The van der Waals surface area contributed by atoms with Gasteiger partial charge in [0.25, 0.3) is 10.2 Å². The van der Waals surface area contributed by atoms with E-state index >= 15 is 0 Å². The first-order valence-corrected chi connectivity index (χ1v) is 6.70. The summed E-state index contributed by atoms with van der Waals surface area (Å²) < 4.78 is 27.5. The molecule has 1 fully saturated rings. The summed E-state index contributed by atoms with van der Waals surface area (Å²) in [6, 6.07) is -0.657. The van der Waals surface area contributed by atoms with Crippen LogP contribution in [-0.4, -0.2) is 42.9 Å². The monoisotopic (exact) mass is 250 g/mol. The van der Waals surface area contributed by atoms with Crippen LogP contribution >= 0.6 is 0 Å². The Bertz CT molecular complexity index is 348. The van der Waals surface area contributed by atoms with Gasteiger partial charge in [-0.3, -0.25) is 0 Å². The molecule has 0 aromatic rings. The summed E-state index contributed by atoms with van der Waals surface area (Å²) in [5.74, 6) is -0.120. The first kappa shape index (κ1) is 13.2. The molecule has 0 spiro atoms. The molecular weight excluding hydrogens is 232 g/mol. The van der Waals surface area contributed by atoms with E-state index in [-0.39, 0.29) is 5.84 Å². The fourth-order valence-electron chi connectivity index (χ4n) is 1.61. The molecule has 0 aliphatic carbocycles. The van der Waals surface area contributed by atoms with Crippen molar-refractivity contribution >= 4 is 16.0 Å². The highest BCUT2D eigenvalue weighted by Gasteiger charge is 2.28. The maximum atomic E-state index is 11.8. The van der Waals surface area contributed by atoms with Gasteiger partial charge in [0, 0.05) is 13.1 Å². The normalized spacial score (nSPS) is 21.2. The van der Waals surface area contributed by atoms with Crippen LogP contribution in [-0.2, 0) is 10.2 Å². The highest BCUT2D eigenvalue weighted by molar-refractivity contribution is 7.87. The first-order valence-electron chi connectivity index (χ1n) is 5.26. The smallest absolute Gasteiger partial charge is 0.280 e. The van der Waals surface area contributed by atoms with Gasteiger partial charge in [-0.05, 0) is 19.3 Å². The topological polar surface area (TPSA) is 108 Å². The number of amidine groups is 1. The van der Waals surface area contributed by atoms with Crippen LogP contribution < -0.4 is 10.5 Å². The third-order valence-corrected chi connectivity index (χ3v) is 4.20. The van der Waals surface area contributed by atoms with Crippen molar-refractivity contribution in [2.75, 3.05) is 13.1 Å². The maximum absolute atomic E-state index is 11.8. The van der Waals surface area contributed by atoms with Crippen molar-refractivity contribution in [2.24, 2.45) is 10.9 Å². The minimum absolute atomic E-state index is 0.120. The molecule has 94 valence electrons. The van der Waals surface area contributed by atoms with E-state index in [0.717, 1.165) is 12.8 Å². The van der Waals surface area contributed by atoms with Crippen molar-refractivity contribution in [3.05, 3.63) is 0 Å². The van der Waals surface area contributed by atoms with E-state index < -0.39 is 16.3 Å². The molecule has 1 rings (SSSR count). The largest absolute Gasteiger partial charge is 0.409 e. The standard InChI is InChI=1S/C8H18N4O3S/c1-2-7(8(9)10-13)11-16(14,15)12-5-3-4-6-12/h7,11,13H,2-6H2,1H3,(H2,9,10). The van der Waals surface area contributed by atoms with Gasteiger partial charge in [-0.2, -0.15) is 17.4 Å². The zero-order valence-electron chi connectivity index (χ0n) is 9.26. The van der Waals surface area contributed by atoms with E-state index in [9.17, 15) is 8.42 Å². The van der Waals surface area contributed by atoms with E-state index in [2.05, 4.69) is 9.88 Å². The molecule has 8 heteroatoms. The van der Waals surface area contributed by atoms with Gasteiger partial charge in [0.1, 0.15) is 0 Å². The van der Waals surface area contributed by atoms with Crippen molar-refractivity contribution in [1.29, 1.82) is 0 Å². The lowest BCUT2D eigenvalue weighted by Gasteiger charge is -2.20. The molecule has 1 unspecified atom stereocenters. The van der Waals surface area contributed by atoms with Gasteiger partial charge in [-0.1, -0.05) is 12.1 Å². The molecule has 7 nitrogen and oxygen atoms in total. The second-order valence-electron chi connectivity index (χ2n) is 3.71. The van der Waals surface area contributed by atoms with Crippen LogP contribution in [0.4, 0.5) is 0 Å². The Morgan fingerprint density at radius 2 is 2.12 bits per heavy atom. The molecule has 0 aromatic heterocycles. The van der Waals surface area contributed by atoms with Gasteiger partial charge in [0.05, 0.1) is 6.04 Å². The Morgan fingerprint density at radius 1 is 1.56 bits per heavy atom. The Hall–Kier alpha value is -0.860. The van der Waals surface area contributed by atoms with Gasteiger partial charge in [0.15, 0.2) is 5.84 Å². The molecule has 0 radical (unpaired) electrons. The summed E-state index contributed by atoms with van der Waals surface area (Å²) in [7, 11) is -3.52. The molecule has 1 heterocycles. The number of nitrogens with one attached hydrogen (secondary N) is 1. The fourth-order valence-corrected chi connectivity index (χ4v) is 3.14. The van der Waals surface area contributed by atoms with Crippen LogP contribution in [0, 0.1) is 0 Å². The minimum Gasteiger partial charge on any atom is -0.409 e. The summed E-state index contributed by atoms with van der Waals surface area (Å²) in [5, 5.41) is 11.3. The summed E-state index contributed by atoms with van der Waals surface area (Å²) >= 11 is 0. The average Bonchev–Trinajstić information content (AvgIpc) is 2.78. The number of hydrogen-bond donors (Lipinski definition) is 3. The van der Waals surface area contributed by atoms with Crippen molar-refractivity contribution in [2.45, 2.75) is 32.2 Å². The SMILES string of the molecule is CCC(NS(=O)(=O)N1CCCC1)/C(N)=N/O. The van der Waals surface area contributed by atoms with E-state index in [1.807, 2.05) is 0 Å². The fraction of sp³-hybridized carbons (Fsp3) is 0.875. The summed E-state index contributed by atoms with van der Waals surface area (Å²) in [4.78, 5) is 0. The van der Waals surface area contributed by atoms with E-state index in [0.29, 0.717) is 19.5 Å². The van der Waals surface area contributed by atoms with Gasteiger partial charge >= 0.3 is 0 Å². The van der Waals surface area contributed by atoms with Crippen molar-refractivity contribution in [3.63, 3.8) is 0 Å². The molecule has 1 saturated heterocycles. The Kier molecular flexibility index (Phi) is 4.51. The summed E-state index contributed by atoms with van der Waals surface area (Å²) in [5.41, 5.74) is 5.39. The second-order valence-corrected chi connectivity index (χ2v) is 5.42. The molecule has 0 aromatic carbocycles. The minimum atomic E-state index is -3.52. The molecule has 0 saturated carbocycles. The predicted octanol–water partition coefficient (Wildman–Crippen LogP) is -0.558. The van der Waals surface area contributed by atoms with E-state index in [1.165, 1.54) is 4.31 Å². The van der Waals surface area contributed by atoms with Crippen LogP contribution in [0.5, 0.6) is 0 Å². The van der Waals surface area contributed by atoms with Gasteiger partial charge in [-0.15, -0.1) is 0 Å². The molecule has 0 bridgehead atoms. The predicted molar refractivity (Wildman–Crippen MR) is 60.4 cm³/mol. The quantitative estimate of drug-likeness (QED) is 0.263. The molecule has 4 N–H and O–H groups in total. The molecule has 16 heavy (non-hydrogen) atoms. The lowest BCUT2D eigenvalue weighted by atomic mass is 10.2. The zero-order valence-corrected chi connectivity index (χ0v) is 10.1. The van der Waals surface area contributed by atoms with Crippen LogP contribution in [0.25, 0.3) is 0 Å². The van der Waals surface area contributed by atoms with Gasteiger partial charge < -0.3 is 10.9 Å². The molecule has 1 aliphatic rings. The lowest BCUT2D eigenvalue weighted by molar-refractivity contribution is 0.315. The van der Waals surface area contributed by atoms with Crippen LogP contribution in [0.15, 0.2) is 5.16 Å². The Labute approximate surface area is 95.5 Å².